The first-order chi connectivity index (χ1) is 19.8. The van der Waals surface area contributed by atoms with Gasteiger partial charge >= 0.3 is 6.09 Å². The van der Waals surface area contributed by atoms with Gasteiger partial charge < -0.3 is 19.4 Å². The molecule has 3 aromatic heterocycles. The number of methoxy groups -OCH3 is 1. The summed E-state index contributed by atoms with van der Waals surface area (Å²) in [5.41, 5.74) is 3.36. The van der Waals surface area contributed by atoms with Gasteiger partial charge in [-0.25, -0.2) is 9.78 Å². The Hall–Kier alpha value is -4.52. The number of halogens is 2. The van der Waals surface area contributed by atoms with E-state index in [1.165, 1.54) is 24.1 Å². The molecule has 0 saturated heterocycles. The Balaban J connectivity index is 1.51. The van der Waals surface area contributed by atoms with E-state index >= 15 is 0 Å². The van der Waals surface area contributed by atoms with Crippen molar-refractivity contribution in [3.05, 3.63) is 93.5 Å². The number of pyridine rings is 1. The minimum atomic E-state index is -1.07. The van der Waals surface area contributed by atoms with Gasteiger partial charge in [-0.1, -0.05) is 35.3 Å². The molecule has 12 nitrogen and oxygen atoms in total. The molecule has 41 heavy (non-hydrogen) atoms. The van der Waals surface area contributed by atoms with Gasteiger partial charge in [-0.3, -0.25) is 9.69 Å². The lowest BCUT2D eigenvalue weighted by Crippen LogP contribution is -2.26. The molecule has 0 aliphatic rings. The van der Waals surface area contributed by atoms with Gasteiger partial charge in [0.05, 0.1) is 11.7 Å². The van der Waals surface area contributed by atoms with Crippen LogP contribution in [0.25, 0.3) is 28.1 Å². The SMILES string of the molecule is COCCC(c1nc(-c2ccc(N(C)C(=O)O)cc2)c(Cl)[nH]1)n1ccc(-c2cc(Cl)ccc2-n2cnnn2)cc1=O. The Labute approximate surface area is 243 Å². The molecule has 0 bridgehead atoms. The van der Waals surface area contributed by atoms with Crippen LogP contribution in [0.3, 0.4) is 0 Å². The number of carboxylic acid groups (broad SMARTS) is 1. The van der Waals surface area contributed by atoms with Crippen molar-refractivity contribution in [3.63, 3.8) is 0 Å². The summed E-state index contributed by atoms with van der Waals surface area (Å²) in [6.45, 7) is 0.362. The van der Waals surface area contributed by atoms with Crippen LogP contribution in [0.4, 0.5) is 10.5 Å². The number of amides is 1. The van der Waals surface area contributed by atoms with Gasteiger partial charge in [0.1, 0.15) is 23.0 Å². The van der Waals surface area contributed by atoms with Crippen molar-refractivity contribution in [1.29, 1.82) is 0 Å². The third-order valence-electron chi connectivity index (χ3n) is 6.55. The number of aromatic amines is 1. The molecule has 5 aromatic rings. The maximum atomic E-state index is 13.5. The molecule has 1 atom stereocenters. The van der Waals surface area contributed by atoms with Gasteiger partial charge in [0, 0.05) is 54.9 Å². The number of rotatable bonds is 9. The second kappa shape index (κ2) is 11.9. The van der Waals surface area contributed by atoms with E-state index in [-0.39, 0.29) is 10.7 Å². The third kappa shape index (κ3) is 5.85. The molecular formula is C27H24Cl2N8O4. The fraction of sp³-hybridized carbons (Fsp3) is 0.185. The zero-order chi connectivity index (χ0) is 29.1. The number of imidazole rings is 1. The van der Waals surface area contributed by atoms with E-state index < -0.39 is 12.1 Å². The Morgan fingerprint density at radius 1 is 1.12 bits per heavy atom. The van der Waals surface area contributed by atoms with Crippen LogP contribution in [0, 0.1) is 0 Å². The van der Waals surface area contributed by atoms with E-state index in [0.29, 0.717) is 57.6 Å². The molecule has 210 valence electrons. The molecular weight excluding hydrogens is 571 g/mol. The van der Waals surface area contributed by atoms with Crippen molar-refractivity contribution >= 4 is 35.0 Å². The number of nitrogens with one attached hydrogen (secondary N) is 1. The van der Waals surface area contributed by atoms with Crippen molar-refractivity contribution in [2.45, 2.75) is 12.5 Å². The van der Waals surface area contributed by atoms with Gasteiger partial charge in [0.25, 0.3) is 5.56 Å². The van der Waals surface area contributed by atoms with Crippen LogP contribution in [-0.2, 0) is 4.74 Å². The first-order valence-electron chi connectivity index (χ1n) is 12.3. The van der Waals surface area contributed by atoms with Gasteiger partial charge in [-0.2, -0.15) is 4.68 Å². The first-order valence-corrected chi connectivity index (χ1v) is 13.1. The quantitative estimate of drug-likeness (QED) is 0.244. The average Bonchev–Trinajstić information content (AvgIpc) is 3.64. The van der Waals surface area contributed by atoms with Crippen molar-refractivity contribution in [1.82, 2.24) is 34.7 Å². The summed E-state index contributed by atoms with van der Waals surface area (Å²) in [6.07, 6.45) is 2.52. The molecule has 1 amide bonds. The molecule has 0 radical (unpaired) electrons. The molecule has 0 fully saturated rings. The number of ether oxygens (including phenoxy) is 1. The molecule has 0 aliphatic carbocycles. The number of benzene rings is 2. The number of aromatic nitrogens is 7. The summed E-state index contributed by atoms with van der Waals surface area (Å²) in [5, 5.41) is 21.4. The van der Waals surface area contributed by atoms with Gasteiger partial charge in [-0.15, -0.1) is 5.10 Å². The number of H-pyrrole nitrogens is 1. The fourth-order valence-electron chi connectivity index (χ4n) is 4.43. The maximum absolute atomic E-state index is 13.5. The zero-order valence-corrected chi connectivity index (χ0v) is 23.4. The van der Waals surface area contributed by atoms with Gasteiger partial charge in [-0.05, 0) is 58.8 Å². The van der Waals surface area contributed by atoms with Gasteiger partial charge in [0.15, 0.2) is 0 Å². The third-order valence-corrected chi connectivity index (χ3v) is 7.06. The second-order valence-electron chi connectivity index (χ2n) is 9.05. The Bertz CT molecular complexity index is 1740. The van der Waals surface area contributed by atoms with E-state index in [1.54, 1.807) is 60.3 Å². The van der Waals surface area contributed by atoms with Crippen LogP contribution < -0.4 is 10.5 Å². The largest absolute Gasteiger partial charge is 0.465 e. The monoisotopic (exact) mass is 594 g/mol. The Kier molecular flexibility index (Phi) is 8.15. The minimum absolute atomic E-state index is 0.277. The van der Waals surface area contributed by atoms with Crippen molar-refractivity contribution < 1.29 is 14.6 Å². The summed E-state index contributed by atoms with van der Waals surface area (Å²) in [5.74, 6) is 0.473. The summed E-state index contributed by atoms with van der Waals surface area (Å²) in [6, 6.07) is 14.9. The highest BCUT2D eigenvalue weighted by atomic mass is 35.5. The summed E-state index contributed by atoms with van der Waals surface area (Å²) in [4.78, 5) is 33.7. The molecule has 1 unspecified atom stereocenters. The van der Waals surface area contributed by atoms with Crippen LogP contribution in [0.2, 0.25) is 10.2 Å². The molecule has 5 rings (SSSR count). The maximum Gasteiger partial charge on any atom is 0.411 e. The molecule has 14 heteroatoms. The fourth-order valence-corrected chi connectivity index (χ4v) is 4.85. The standard InChI is InChI=1S/C27H24Cl2N8O4/c1-35(27(39)40)19-6-3-16(4-7-19)24-25(29)32-26(31-24)22(10-12-41-2)36-11-9-17(13-23(36)38)20-14-18(28)5-8-21(20)37-15-30-33-34-37/h3-9,11,13-15,22H,10,12H2,1-2H3,(H,31,32)(H,39,40). The summed E-state index contributed by atoms with van der Waals surface area (Å²) in [7, 11) is 3.04. The van der Waals surface area contributed by atoms with E-state index in [9.17, 15) is 14.7 Å². The molecule has 3 heterocycles. The Morgan fingerprint density at radius 3 is 2.56 bits per heavy atom. The van der Waals surface area contributed by atoms with Crippen molar-refractivity contribution in [2.24, 2.45) is 0 Å². The van der Waals surface area contributed by atoms with Crippen LogP contribution >= 0.6 is 23.2 Å². The van der Waals surface area contributed by atoms with Crippen molar-refractivity contribution in [2.75, 3.05) is 25.7 Å². The topological polar surface area (TPSA) is 144 Å². The van der Waals surface area contributed by atoms with E-state index in [0.717, 1.165) is 4.90 Å². The number of carbonyl (C=O) groups is 1. The number of nitrogens with zero attached hydrogens (tertiary/aromatic N) is 7. The number of hydrogen-bond donors (Lipinski definition) is 2. The minimum Gasteiger partial charge on any atom is -0.465 e. The lowest BCUT2D eigenvalue weighted by molar-refractivity contribution is 0.182. The number of hydrogen-bond acceptors (Lipinski definition) is 7. The zero-order valence-electron chi connectivity index (χ0n) is 21.9. The molecule has 0 aliphatic heterocycles. The number of tetrazole rings is 1. The van der Waals surface area contributed by atoms with Crippen LogP contribution in [0.5, 0.6) is 0 Å². The second-order valence-corrected chi connectivity index (χ2v) is 9.86. The lowest BCUT2D eigenvalue weighted by atomic mass is 10.0. The molecule has 2 N–H and O–H groups in total. The van der Waals surface area contributed by atoms with Crippen LogP contribution in [-0.4, -0.2) is 66.7 Å². The predicted octanol–water partition coefficient (Wildman–Crippen LogP) is 4.93. The van der Waals surface area contributed by atoms with Crippen LogP contribution in [0.1, 0.15) is 18.3 Å². The van der Waals surface area contributed by atoms with E-state index in [2.05, 4.69) is 20.5 Å². The average molecular weight is 595 g/mol. The van der Waals surface area contributed by atoms with E-state index in [4.69, 9.17) is 32.9 Å². The molecule has 0 spiro atoms. The highest BCUT2D eigenvalue weighted by molar-refractivity contribution is 6.32. The number of anilines is 1. The smallest absolute Gasteiger partial charge is 0.411 e. The molecule has 0 saturated carbocycles. The lowest BCUT2D eigenvalue weighted by Gasteiger charge is -2.18. The summed E-state index contributed by atoms with van der Waals surface area (Å²) >= 11 is 12.8. The highest BCUT2D eigenvalue weighted by Gasteiger charge is 2.22. The Morgan fingerprint density at radius 2 is 1.90 bits per heavy atom. The normalized spacial score (nSPS) is 11.9. The first kappa shape index (κ1) is 28.0. The van der Waals surface area contributed by atoms with Crippen molar-refractivity contribution in [3.8, 4) is 28.1 Å². The highest BCUT2D eigenvalue weighted by Crippen LogP contribution is 2.32. The predicted molar refractivity (Wildman–Crippen MR) is 154 cm³/mol. The summed E-state index contributed by atoms with van der Waals surface area (Å²) < 4.78 is 8.38. The van der Waals surface area contributed by atoms with E-state index in [1.807, 2.05) is 6.07 Å². The van der Waals surface area contributed by atoms with Crippen LogP contribution in [0.15, 0.2) is 71.9 Å². The van der Waals surface area contributed by atoms with Gasteiger partial charge in [0.2, 0.25) is 0 Å². The molecule has 2 aromatic carbocycles.